The van der Waals surface area contributed by atoms with E-state index in [2.05, 4.69) is 26.1 Å². The molecule has 0 fully saturated rings. The molecule has 2 heterocycles. The summed E-state index contributed by atoms with van der Waals surface area (Å²) in [5, 5.41) is 17.0. The van der Waals surface area contributed by atoms with Gasteiger partial charge in [-0.15, -0.1) is 21.5 Å². The highest BCUT2D eigenvalue weighted by atomic mass is 79.9. The van der Waals surface area contributed by atoms with Gasteiger partial charge in [0.2, 0.25) is 5.89 Å². The van der Waals surface area contributed by atoms with Gasteiger partial charge in [-0.3, -0.25) is 4.90 Å². The van der Waals surface area contributed by atoms with Crippen LogP contribution in [0.3, 0.4) is 0 Å². The summed E-state index contributed by atoms with van der Waals surface area (Å²) >= 11 is 4.96. The molecular weight excluding hydrogens is 318 g/mol. The second-order valence-corrected chi connectivity index (χ2v) is 6.16. The van der Waals surface area contributed by atoms with Gasteiger partial charge in [-0.25, -0.2) is 0 Å². The van der Waals surface area contributed by atoms with Gasteiger partial charge in [0.05, 0.1) is 21.8 Å². The highest BCUT2D eigenvalue weighted by Crippen LogP contribution is 2.30. The molecule has 2 aromatic heterocycles. The number of rotatable bonds is 6. The molecular formula is C11H14BrN3O2S. The van der Waals surface area contributed by atoms with Gasteiger partial charge < -0.3 is 9.52 Å². The zero-order valence-corrected chi connectivity index (χ0v) is 12.4. The van der Waals surface area contributed by atoms with E-state index in [0.717, 1.165) is 15.2 Å². The largest absolute Gasteiger partial charge is 0.419 e. The Labute approximate surface area is 118 Å². The zero-order chi connectivity index (χ0) is 13.0. The maximum Gasteiger partial charge on any atom is 0.257 e. The Hall–Kier alpha value is -0.760. The summed E-state index contributed by atoms with van der Waals surface area (Å²) in [5.41, 5.74) is 0. The molecule has 0 amide bonds. The number of thiophene rings is 1. The molecule has 0 aliphatic heterocycles. The fourth-order valence-electron chi connectivity index (χ4n) is 1.53. The van der Waals surface area contributed by atoms with Crippen LogP contribution in [-0.2, 0) is 6.54 Å². The summed E-state index contributed by atoms with van der Waals surface area (Å²) in [5.74, 6) is 1.12. The number of hydrogen-bond donors (Lipinski definition) is 1. The number of hydrogen-bond acceptors (Lipinski definition) is 6. The third kappa shape index (κ3) is 3.38. The maximum atomic E-state index is 8.92. The van der Waals surface area contributed by atoms with E-state index in [1.165, 1.54) is 0 Å². The third-order valence-corrected chi connectivity index (χ3v) is 4.08. The van der Waals surface area contributed by atoms with Crippen LogP contribution in [0.1, 0.15) is 12.8 Å². The van der Waals surface area contributed by atoms with Crippen LogP contribution in [0.15, 0.2) is 20.3 Å². The van der Waals surface area contributed by atoms with E-state index in [1.807, 2.05) is 24.0 Å². The van der Waals surface area contributed by atoms with Crippen molar-refractivity contribution >= 4 is 27.3 Å². The molecule has 0 saturated carbocycles. The number of likely N-dealkylation sites (N-methyl/N-ethyl adjacent to an activating group) is 1. The molecule has 0 spiro atoms. The zero-order valence-electron chi connectivity index (χ0n) is 9.97. The summed E-state index contributed by atoms with van der Waals surface area (Å²) in [6.07, 6.45) is 0. The molecule has 2 aromatic rings. The lowest BCUT2D eigenvalue weighted by molar-refractivity contribution is 0.185. The van der Waals surface area contributed by atoms with E-state index in [0.29, 0.717) is 24.9 Å². The predicted octanol–water partition coefficient (Wildman–Crippen LogP) is 2.37. The van der Waals surface area contributed by atoms with Crippen molar-refractivity contribution in [1.82, 2.24) is 15.1 Å². The van der Waals surface area contributed by atoms with Crippen LogP contribution in [0.2, 0.25) is 0 Å². The first-order chi connectivity index (χ1) is 8.72. The van der Waals surface area contributed by atoms with Gasteiger partial charge in [0.15, 0.2) is 0 Å². The van der Waals surface area contributed by atoms with Crippen molar-refractivity contribution in [2.24, 2.45) is 0 Å². The van der Waals surface area contributed by atoms with E-state index in [9.17, 15) is 0 Å². The Bertz CT molecular complexity index is 500. The number of aromatic nitrogens is 2. The van der Waals surface area contributed by atoms with Crippen molar-refractivity contribution in [1.29, 1.82) is 0 Å². The van der Waals surface area contributed by atoms with Crippen LogP contribution in [0.25, 0.3) is 10.8 Å². The highest BCUT2D eigenvalue weighted by Gasteiger charge is 2.12. The van der Waals surface area contributed by atoms with E-state index < -0.39 is 0 Å². The van der Waals surface area contributed by atoms with Gasteiger partial charge >= 0.3 is 0 Å². The van der Waals surface area contributed by atoms with Gasteiger partial charge in [-0.1, -0.05) is 6.92 Å². The molecule has 0 radical (unpaired) electrons. The molecule has 5 nitrogen and oxygen atoms in total. The van der Waals surface area contributed by atoms with Crippen LogP contribution in [0.4, 0.5) is 0 Å². The molecule has 2 rings (SSSR count). The molecule has 0 aliphatic rings. The summed E-state index contributed by atoms with van der Waals surface area (Å²) in [4.78, 5) is 2.99. The monoisotopic (exact) mass is 331 g/mol. The number of aliphatic hydroxyl groups excluding tert-OH is 1. The van der Waals surface area contributed by atoms with Crippen molar-refractivity contribution in [3.63, 3.8) is 0 Å². The first kappa shape index (κ1) is 13.7. The van der Waals surface area contributed by atoms with Gasteiger partial charge in [0.1, 0.15) is 0 Å². The molecule has 0 atom stereocenters. The molecule has 7 heteroatoms. The Morgan fingerprint density at radius 1 is 1.44 bits per heavy atom. The lowest BCUT2D eigenvalue weighted by Gasteiger charge is -2.15. The molecule has 0 aliphatic carbocycles. The third-order valence-electron chi connectivity index (χ3n) is 2.47. The Balaban J connectivity index is 2.06. The second kappa shape index (κ2) is 6.42. The molecule has 1 N–H and O–H groups in total. The highest BCUT2D eigenvalue weighted by molar-refractivity contribution is 9.11. The van der Waals surface area contributed by atoms with Crippen molar-refractivity contribution in [2.75, 3.05) is 19.7 Å². The quantitative estimate of drug-likeness (QED) is 0.880. The van der Waals surface area contributed by atoms with Crippen molar-refractivity contribution in [2.45, 2.75) is 13.5 Å². The molecule has 0 saturated heterocycles. The van der Waals surface area contributed by atoms with Gasteiger partial charge in [-0.05, 0) is 34.6 Å². The van der Waals surface area contributed by atoms with Crippen molar-refractivity contribution < 1.29 is 9.52 Å². The summed E-state index contributed by atoms with van der Waals surface area (Å²) in [6, 6.07) is 3.89. The van der Waals surface area contributed by atoms with Gasteiger partial charge in [0.25, 0.3) is 5.89 Å². The maximum absolute atomic E-state index is 8.92. The van der Waals surface area contributed by atoms with E-state index in [1.54, 1.807) is 11.3 Å². The Kier molecular flexibility index (Phi) is 4.87. The standard InChI is InChI=1S/C11H14BrN3O2S/c1-2-15(5-6-16)7-10-13-14-11(17-10)8-3-4-9(12)18-8/h3-4,16H,2,5-7H2,1H3. The van der Waals surface area contributed by atoms with Crippen LogP contribution in [-0.4, -0.2) is 39.9 Å². The first-order valence-corrected chi connectivity index (χ1v) is 7.25. The van der Waals surface area contributed by atoms with Crippen LogP contribution < -0.4 is 0 Å². The number of nitrogens with zero attached hydrogens (tertiary/aromatic N) is 3. The Morgan fingerprint density at radius 3 is 2.89 bits per heavy atom. The SMILES string of the molecule is CCN(CCO)Cc1nnc(-c2ccc(Br)s2)o1. The minimum Gasteiger partial charge on any atom is -0.419 e. The topological polar surface area (TPSA) is 62.4 Å². The molecule has 98 valence electrons. The molecule has 0 aromatic carbocycles. The summed E-state index contributed by atoms with van der Waals surface area (Å²) in [6.45, 7) is 4.17. The van der Waals surface area contributed by atoms with E-state index in [-0.39, 0.29) is 6.61 Å². The van der Waals surface area contributed by atoms with Crippen LogP contribution >= 0.6 is 27.3 Å². The van der Waals surface area contributed by atoms with Crippen molar-refractivity contribution in [3.05, 3.63) is 21.8 Å². The van der Waals surface area contributed by atoms with Crippen LogP contribution in [0.5, 0.6) is 0 Å². The molecule has 0 bridgehead atoms. The summed E-state index contributed by atoms with van der Waals surface area (Å²) in [7, 11) is 0. The van der Waals surface area contributed by atoms with Crippen LogP contribution in [0, 0.1) is 0 Å². The van der Waals surface area contributed by atoms with Gasteiger partial charge in [0, 0.05) is 6.54 Å². The minimum absolute atomic E-state index is 0.132. The first-order valence-electron chi connectivity index (χ1n) is 5.64. The van der Waals surface area contributed by atoms with Crippen molar-refractivity contribution in [3.8, 4) is 10.8 Å². The molecule has 0 unspecified atom stereocenters. The fraction of sp³-hybridized carbons (Fsp3) is 0.455. The smallest absolute Gasteiger partial charge is 0.257 e. The summed E-state index contributed by atoms with van der Waals surface area (Å²) < 4.78 is 6.64. The Morgan fingerprint density at radius 2 is 2.28 bits per heavy atom. The number of halogens is 1. The minimum atomic E-state index is 0.132. The average Bonchev–Trinajstić information content (AvgIpc) is 2.97. The predicted molar refractivity (Wildman–Crippen MR) is 73.3 cm³/mol. The van der Waals surface area contributed by atoms with Gasteiger partial charge in [-0.2, -0.15) is 0 Å². The normalized spacial score (nSPS) is 11.3. The van der Waals surface area contributed by atoms with E-state index >= 15 is 0 Å². The lowest BCUT2D eigenvalue weighted by atomic mass is 10.4. The molecule has 18 heavy (non-hydrogen) atoms. The van der Waals surface area contributed by atoms with E-state index in [4.69, 9.17) is 9.52 Å². The fourth-order valence-corrected chi connectivity index (χ4v) is 2.84. The second-order valence-electron chi connectivity index (χ2n) is 3.70. The lowest BCUT2D eigenvalue weighted by Crippen LogP contribution is -2.26. The average molecular weight is 332 g/mol. The number of aliphatic hydroxyl groups is 1.